The Labute approximate surface area is 174 Å². The Morgan fingerprint density at radius 1 is 0.367 bits per heavy atom. The topological polar surface area (TPSA) is 0 Å². The molecule has 0 aromatic heterocycles. The summed E-state index contributed by atoms with van der Waals surface area (Å²) in [6.45, 7) is 0. The minimum Gasteiger partial charge on any atom is -0.0616 e. The zero-order chi connectivity index (χ0) is 19.4. The van der Waals surface area contributed by atoms with Crippen LogP contribution in [-0.2, 0) is 12.8 Å². The second-order valence-electron chi connectivity index (χ2n) is 8.83. The van der Waals surface area contributed by atoms with Crippen molar-refractivity contribution >= 4 is 43.1 Å². The van der Waals surface area contributed by atoms with Gasteiger partial charge < -0.3 is 0 Å². The van der Waals surface area contributed by atoms with Gasteiger partial charge in [-0.2, -0.15) is 0 Å². The van der Waals surface area contributed by atoms with Gasteiger partial charge in [0, 0.05) is 0 Å². The summed E-state index contributed by atoms with van der Waals surface area (Å²) in [7, 11) is 0. The lowest BCUT2D eigenvalue weighted by atomic mass is 9.71. The minimum absolute atomic E-state index is 1.02. The van der Waals surface area contributed by atoms with Crippen LogP contribution in [0, 0.1) is 0 Å². The Kier molecular flexibility index (Phi) is 2.59. The third kappa shape index (κ3) is 1.63. The first-order chi connectivity index (χ1) is 14.9. The molecule has 0 N–H and O–H groups in total. The smallest absolute Gasteiger partial charge is 0.000683 e. The molecule has 0 nitrogen and oxygen atoms in total. The molecule has 0 aliphatic heterocycles. The van der Waals surface area contributed by atoms with Crippen LogP contribution in [0.25, 0.3) is 54.2 Å². The number of hydrogen-bond donors (Lipinski definition) is 0. The van der Waals surface area contributed by atoms with Crippen molar-refractivity contribution in [3.8, 4) is 11.1 Å². The van der Waals surface area contributed by atoms with Gasteiger partial charge in [0.1, 0.15) is 0 Å². The van der Waals surface area contributed by atoms with Crippen LogP contribution in [-0.4, -0.2) is 0 Å². The van der Waals surface area contributed by atoms with E-state index in [0.717, 1.165) is 12.8 Å². The van der Waals surface area contributed by atoms with E-state index >= 15 is 0 Å². The van der Waals surface area contributed by atoms with Crippen LogP contribution in [0.2, 0.25) is 0 Å². The van der Waals surface area contributed by atoms with E-state index in [1.807, 2.05) is 0 Å². The predicted molar refractivity (Wildman–Crippen MR) is 128 cm³/mol. The van der Waals surface area contributed by atoms with Crippen molar-refractivity contribution in [1.29, 1.82) is 0 Å². The molecule has 0 fully saturated rings. The van der Waals surface area contributed by atoms with Crippen LogP contribution >= 0.6 is 0 Å². The van der Waals surface area contributed by atoms with Crippen molar-refractivity contribution in [3.63, 3.8) is 0 Å². The Balaban J connectivity index is 1.75. The first kappa shape index (κ1) is 15.2. The summed E-state index contributed by atoms with van der Waals surface area (Å²) in [4.78, 5) is 0. The number of rotatable bonds is 0. The number of fused-ring (bicyclic) bond motifs is 6. The van der Waals surface area contributed by atoms with Crippen molar-refractivity contribution in [2.45, 2.75) is 12.8 Å². The van der Waals surface area contributed by atoms with Crippen molar-refractivity contribution in [3.05, 3.63) is 107 Å². The molecule has 8 rings (SSSR count). The monoisotopic (exact) mass is 378 g/mol. The summed E-state index contributed by atoms with van der Waals surface area (Å²) in [6, 6.07) is 31.9. The summed E-state index contributed by atoms with van der Waals surface area (Å²) < 4.78 is 0. The molecule has 0 saturated heterocycles. The Morgan fingerprint density at radius 3 is 1.23 bits per heavy atom. The van der Waals surface area contributed by atoms with Gasteiger partial charge >= 0.3 is 0 Å². The second-order valence-corrected chi connectivity index (χ2v) is 8.83. The van der Waals surface area contributed by atoms with Gasteiger partial charge in [-0.15, -0.1) is 0 Å². The summed E-state index contributed by atoms with van der Waals surface area (Å²) in [6.07, 6.45) is 2.03. The van der Waals surface area contributed by atoms with Crippen molar-refractivity contribution < 1.29 is 0 Å². The maximum absolute atomic E-state index is 2.35. The quantitative estimate of drug-likeness (QED) is 0.236. The molecular formula is C30H18. The van der Waals surface area contributed by atoms with Gasteiger partial charge in [-0.1, -0.05) is 84.9 Å². The van der Waals surface area contributed by atoms with Crippen LogP contribution in [0.1, 0.15) is 22.3 Å². The molecule has 0 heterocycles. The van der Waals surface area contributed by atoms with E-state index in [2.05, 4.69) is 84.9 Å². The normalized spacial score (nSPS) is 13.7. The molecule has 6 aromatic rings. The molecule has 0 heteroatoms. The van der Waals surface area contributed by atoms with E-state index in [-0.39, 0.29) is 0 Å². The lowest BCUT2D eigenvalue weighted by Crippen LogP contribution is -2.11. The molecule has 0 amide bonds. The highest BCUT2D eigenvalue weighted by Gasteiger charge is 2.31. The molecular weight excluding hydrogens is 360 g/mol. The fourth-order valence-electron chi connectivity index (χ4n) is 6.37. The third-order valence-electron chi connectivity index (χ3n) is 7.47. The van der Waals surface area contributed by atoms with E-state index in [1.54, 1.807) is 0 Å². The zero-order valence-electron chi connectivity index (χ0n) is 16.5. The molecule has 0 spiro atoms. The first-order valence-electron chi connectivity index (χ1n) is 10.8. The largest absolute Gasteiger partial charge is 0.0616 e. The SMILES string of the molecule is c1ccc2c(c1)c1c3c4c(cccc42)Cc2c-3c3c(cccc3c3ccccc23)C1. The lowest BCUT2D eigenvalue weighted by molar-refractivity contribution is 1.17. The van der Waals surface area contributed by atoms with Crippen molar-refractivity contribution in [2.75, 3.05) is 0 Å². The fourth-order valence-corrected chi connectivity index (χ4v) is 6.37. The minimum atomic E-state index is 1.02. The van der Waals surface area contributed by atoms with Crippen LogP contribution in [0.4, 0.5) is 0 Å². The first-order valence-corrected chi connectivity index (χ1v) is 10.8. The molecule has 2 aliphatic carbocycles. The molecule has 0 atom stereocenters. The Morgan fingerprint density at radius 2 is 0.767 bits per heavy atom. The van der Waals surface area contributed by atoms with Crippen molar-refractivity contribution in [2.24, 2.45) is 0 Å². The molecule has 0 radical (unpaired) electrons. The summed E-state index contributed by atoms with van der Waals surface area (Å²) in [5.74, 6) is 0. The van der Waals surface area contributed by atoms with Crippen LogP contribution in [0.15, 0.2) is 84.9 Å². The standard InChI is InChI=1S/C30H18/c1-3-11-21-19(9-1)23-13-5-7-17-16-26-22-12-4-2-10-20(22)24-14-6-8-18-15-25(21)29(27(17)23)30(26)28(18)24/h1-14H,15-16H2. The van der Waals surface area contributed by atoms with E-state index in [0.29, 0.717) is 0 Å². The maximum Gasteiger partial charge on any atom is -0.000683 e. The Hall–Kier alpha value is -3.64. The maximum atomic E-state index is 2.35. The molecule has 0 unspecified atom stereocenters. The third-order valence-corrected chi connectivity index (χ3v) is 7.47. The van der Waals surface area contributed by atoms with E-state index in [4.69, 9.17) is 0 Å². The van der Waals surface area contributed by atoms with Crippen LogP contribution < -0.4 is 0 Å². The number of benzene rings is 6. The molecule has 0 saturated carbocycles. The van der Waals surface area contributed by atoms with Gasteiger partial charge in [-0.3, -0.25) is 0 Å². The molecule has 30 heavy (non-hydrogen) atoms. The Bertz CT molecular complexity index is 1600. The van der Waals surface area contributed by atoms with Gasteiger partial charge in [-0.25, -0.2) is 0 Å². The average molecular weight is 378 g/mol. The van der Waals surface area contributed by atoms with Gasteiger partial charge in [0.05, 0.1) is 0 Å². The predicted octanol–water partition coefficient (Wildman–Crippen LogP) is 7.77. The molecule has 138 valence electrons. The fraction of sp³-hybridized carbons (Fsp3) is 0.0667. The highest BCUT2D eigenvalue weighted by molar-refractivity contribution is 6.26. The molecule has 6 aromatic carbocycles. The van der Waals surface area contributed by atoms with E-state index in [9.17, 15) is 0 Å². The molecule has 2 aliphatic rings. The van der Waals surface area contributed by atoms with Crippen molar-refractivity contribution in [1.82, 2.24) is 0 Å². The van der Waals surface area contributed by atoms with Gasteiger partial charge in [-0.05, 0) is 89.3 Å². The average Bonchev–Trinajstić information content (AvgIpc) is 2.82. The van der Waals surface area contributed by atoms with Gasteiger partial charge in [0.15, 0.2) is 0 Å². The number of hydrogen-bond acceptors (Lipinski definition) is 0. The zero-order valence-corrected chi connectivity index (χ0v) is 16.5. The highest BCUT2D eigenvalue weighted by Crippen LogP contribution is 2.53. The summed E-state index contributed by atoms with van der Waals surface area (Å²) in [5.41, 5.74) is 9.00. The highest BCUT2D eigenvalue weighted by atomic mass is 14.3. The summed E-state index contributed by atoms with van der Waals surface area (Å²) >= 11 is 0. The summed E-state index contributed by atoms with van der Waals surface area (Å²) in [5, 5.41) is 11.4. The van der Waals surface area contributed by atoms with E-state index < -0.39 is 0 Å². The van der Waals surface area contributed by atoms with E-state index in [1.165, 1.54) is 76.5 Å². The second kappa shape index (κ2) is 5.09. The van der Waals surface area contributed by atoms with Crippen LogP contribution in [0.3, 0.4) is 0 Å². The lowest BCUT2D eigenvalue weighted by Gasteiger charge is -2.32. The van der Waals surface area contributed by atoms with Gasteiger partial charge in [0.2, 0.25) is 0 Å². The molecule has 0 bridgehead atoms. The van der Waals surface area contributed by atoms with Gasteiger partial charge in [0.25, 0.3) is 0 Å². The van der Waals surface area contributed by atoms with Crippen LogP contribution in [0.5, 0.6) is 0 Å².